The first-order valence-corrected chi connectivity index (χ1v) is 7.74. The van der Waals surface area contributed by atoms with Crippen LogP contribution in [0.25, 0.3) is 10.4 Å². The van der Waals surface area contributed by atoms with Crippen LogP contribution in [0.3, 0.4) is 0 Å². The van der Waals surface area contributed by atoms with Crippen molar-refractivity contribution in [1.29, 1.82) is 0 Å². The van der Waals surface area contributed by atoms with E-state index in [0.29, 0.717) is 5.01 Å². The number of hydrogen-bond donors (Lipinski definition) is 0. The summed E-state index contributed by atoms with van der Waals surface area (Å²) in [6.07, 6.45) is 6.96. The van der Waals surface area contributed by atoms with Gasteiger partial charge in [0.05, 0.1) is 10.6 Å². The Morgan fingerprint density at radius 2 is 1.90 bits per heavy atom. The maximum absolute atomic E-state index is 12.5. The molecule has 3 rings (SSSR count). The summed E-state index contributed by atoms with van der Waals surface area (Å²) in [5.74, 6) is 0.0816. The number of pyridine rings is 1. The molecule has 2 aromatic heterocycles. The molecule has 20 heavy (non-hydrogen) atoms. The minimum absolute atomic E-state index is 0.0816. The van der Waals surface area contributed by atoms with Crippen molar-refractivity contribution in [1.82, 2.24) is 14.9 Å². The van der Waals surface area contributed by atoms with E-state index < -0.39 is 0 Å². The summed E-state index contributed by atoms with van der Waals surface area (Å²) < 4.78 is 0. The number of carbonyl (C=O) groups excluding carboxylic acids is 1. The third kappa shape index (κ3) is 2.58. The summed E-state index contributed by atoms with van der Waals surface area (Å²) in [7, 11) is 0. The van der Waals surface area contributed by atoms with Crippen molar-refractivity contribution in [2.24, 2.45) is 0 Å². The van der Waals surface area contributed by atoms with Crippen LogP contribution in [0, 0.1) is 6.92 Å². The molecule has 1 fully saturated rings. The highest BCUT2D eigenvalue weighted by atomic mass is 32.1. The monoisotopic (exact) mass is 287 g/mol. The Morgan fingerprint density at radius 1 is 1.20 bits per heavy atom. The molecular weight excluding hydrogens is 270 g/mol. The van der Waals surface area contributed by atoms with Crippen LogP contribution >= 0.6 is 11.3 Å². The van der Waals surface area contributed by atoms with Crippen molar-refractivity contribution in [3.05, 3.63) is 35.2 Å². The number of aryl methyl sites for hydroxylation is 1. The first kappa shape index (κ1) is 13.2. The van der Waals surface area contributed by atoms with Crippen LogP contribution in [0.5, 0.6) is 0 Å². The van der Waals surface area contributed by atoms with Gasteiger partial charge in [-0.1, -0.05) is 0 Å². The molecule has 3 heterocycles. The predicted octanol–water partition coefficient (Wildman–Crippen LogP) is 3.14. The maximum Gasteiger partial charge on any atom is 0.282 e. The number of carbonyl (C=O) groups is 1. The van der Waals surface area contributed by atoms with Crippen LogP contribution in [0.1, 0.15) is 34.8 Å². The van der Waals surface area contributed by atoms with E-state index in [4.69, 9.17) is 0 Å². The highest BCUT2D eigenvalue weighted by Gasteiger charge is 2.22. The van der Waals surface area contributed by atoms with E-state index in [1.807, 2.05) is 24.0 Å². The molecule has 0 saturated carbocycles. The molecule has 0 N–H and O–H groups in total. The Balaban J connectivity index is 1.87. The summed E-state index contributed by atoms with van der Waals surface area (Å²) in [5.41, 5.74) is 1.99. The van der Waals surface area contributed by atoms with Crippen molar-refractivity contribution >= 4 is 17.2 Å². The molecular formula is C15H17N3OS. The fourth-order valence-corrected chi connectivity index (χ4v) is 3.53. The summed E-state index contributed by atoms with van der Waals surface area (Å²) >= 11 is 1.48. The van der Waals surface area contributed by atoms with Crippen molar-refractivity contribution in [3.8, 4) is 10.4 Å². The number of amides is 1. The second-order valence-corrected chi connectivity index (χ2v) is 6.02. The molecule has 1 amide bonds. The normalized spacial score (nSPS) is 15.3. The van der Waals surface area contributed by atoms with Crippen LogP contribution < -0.4 is 0 Å². The average molecular weight is 287 g/mol. The third-order valence-electron chi connectivity index (χ3n) is 3.57. The zero-order chi connectivity index (χ0) is 13.9. The van der Waals surface area contributed by atoms with Gasteiger partial charge in [0.15, 0.2) is 5.01 Å². The van der Waals surface area contributed by atoms with E-state index in [1.165, 1.54) is 17.8 Å². The summed E-state index contributed by atoms with van der Waals surface area (Å²) in [6.45, 7) is 3.68. The maximum atomic E-state index is 12.5. The smallest absolute Gasteiger partial charge is 0.282 e. The van der Waals surface area contributed by atoms with Gasteiger partial charge in [-0.15, -0.1) is 11.3 Å². The van der Waals surface area contributed by atoms with Crippen LogP contribution in [0.2, 0.25) is 0 Å². The van der Waals surface area contributed by atoms with Gasteiger partial charge in [0.25, 0.3) is 5.91 Å². The van der Waals surface area contributed by atoms with Crippen molar-refractivity contribution in [2.45, 2.75) is 26.2 Å². The topological polar surface area (TPSA) is 46.1 Å². The standard InChI is InChI=1S/C15H17N3OS/c1-11-13(12-5-7-16-8-6-12)20-14(17-11)15(19)18-9-3-2-4-10-18/h5-8H,2-4,9-10H2,1H3. The molecule has 0 unspecified atom stereocenters. The van der Waals surface area contributed by atoms with Gasteiger partial charge in [-0.25, -0.2) is 4.98 Å². The molecule has 104 valence electrons. The summed E-state index contributed by atoms with van der Waals surface area (Å²) in [4.78, 5) is 23.9. The minimum atomic E-state index is 0.0816. The molecule has 0 aromatic carbocycles. The van der Waals surface area contributed by atoms with E-state index in [1.54, 1.807) is 12.4 Å². The Labute approximate surface area is 122 Å². The predicted molar refractivity (Wildman–Crippen MR) is 79.8 cm³/mol. The molecule has 1 aliphatic rings. The molecule has 0 atom stereocenters. The van der Waals surface area contributed by atoms with E-state index >= 15 is 0 Å². The zero-order valence-electron chi connectivity index (χ0n) is 11.5. The lowest BCUT2D eigenvalue weighted by atomic mass is 10.1. The molecule has 5 heteroatoms. The SMILES string of the molecule is Cc1nc(C(=O)N2CCCCC2)sc1-c1ccncc1. The molecule has 1 aliphatic heterocycles. The van der Waals surface area contributed by atoms with E-state index in [-0.39, 0.29) is 5.91 Å². The molecule has 0 aliphatic carbocycles. The van der Waals surface area contributed by atoms with Gasteiger partial charge in [0, 0.05) is 25.5 Å². The quantitative estimate of drug-likeness (QED) is 0.852. The lowest BCUT2D eigenvalue weighted by Crippen LogP contribution is -2.35. The van der Waals surface area contributed by atoms with Gasteiger partial charge < -0.3 is 4.90 Å². The number of aromatic nitrogens is 2. The Bertz CT molecular complexity index is 603. The highest BCUT2D eigenvalue weighted by molar-refractivity contribution is 7.17. The Kier molecular flexibility index (Phi) is 3.78. The Hall–Kier alpha value is -1.75. The number of rotatable bonds is 2. The van der Waals surface area contributed by atoms with Crippen molar-refractivity contribution in [3.63, 3.8) is 0 Å². The first-order valence-electron chi connectivity index (χ1n) is 6.93. The summed E-state index contributed by atoms with van der Waals surface area (Å²) in [6, 6.07) is 3.91. The van der Waals surface area contributed by atoms with Crippen molar-refractivity contribution in [2.75, 3.05) is 13.1 Å². The lowest BCUT2D eigenvalue weighted by Gasteiger charge is -2.25. The first-order chi connectivity index (χ1) is 9.75. The van der Waals surface area contributed by atoms with Crippen LogP contribution in [0.4, 0.5) is 0 Å². The minimum Gasteiger partial charge on any atom is -0.337 e. The molecule has 0 radical (unpaired) electrons. The number of likely N-dealkylation sites (tertiary alicyclic amines) is 1. The molecule has 4 nitrogen and oxygen atoms in total. The number of piperidine rings is 1. The van der Waals surface area contributed by atoms with E-state index in [9.17, 15) is 4.79 Å². The van der Waals surface area contributed by atoms with Crippen molar-refractivity contribution < 1.29 is 4.79 Å². The van der Waals surface area contributed by atoms with E-state index in [0.717, 1.165) is 42.1 Å². The van der Waals surface area contributed by atoms with Gasteiger partial charge in [0.2, 0.25) is 0 Å². The van der Waals surface area contributed by atoms with Gasteiger partial charge in [-0.3, -0.25) is 9.78 Å². The molecule has 1 saturated heterocycles. The van der Waals surface area contributed by atoms with E-state index in [2.05, 4.69) is 9.97 Å². The van der Waals surface area contributed by atoms with Crippen LogP contribution in [0.15, 0.2) is 24.5 Å². The number of thiazole rings is 1. The lowest BCUT2D eigenvalue weighted by molar-refractivity contribution is 0.0724. The third-order valence-corrected chi connectivity index (χ3v) is 4.76. The molecule has 0 bridgehead atoms. The number of hydrogen-bond acceptors (Lipinski definition) is 4. The van der Waals surface area contributed by atoms with Crippen LogP contribution in [-0.4, -0.2) is 33.9 Å². The average Bonchev–Trinajstić information content (AvgIpc) is 2.90. The van der Waals surface area contributed by atoms with Crippen LogP contribution in [-0.2, 0) is 0 Å². The van der Waals surface area contributed by atoms with Gasteiger partial charge in [-0.2, -0.15) is 0 Å². The fraction of sp³-hybridized carbons (Fsp3) is 0.400. The fourth-order valence-electron chi connectivity index (χ4n) is 2.49. The zero-order valence-corrected chi connectivity index (χ0v) is 12.3. The highest BCUT2D eigenvalue weighted by Crippen LogP contribution is 2.30. The Morgan fingerprint density at radius 3 is 2.60 bits per heavy atom. The summed E-state index contributed by atoms with van der Waals surface area (Å²) in [5, 5.41) is 0.608. The largest absolute Gasteiger partial charge is 0.337 e. The van der Waals surface area contributed by atoms with Gasteiger partial charge >= 0.3 is 0 Å². The molecule has 0 spiro atoms. The second kappa shape index (κ2) is 5.71. The second-order valence-electron chi connectivity index (χ2n) is 5.02. The molecule has 2 aromatic rings. The van der Waals surface area contributed by atoms with Gasteiger partial charge in [-0.05, 0) is 43.9 Å². The number of nitrogens with zero attached hydrogens (tertiary/aromatic N) is 3. The van der Waals surface area contributed by atoms with Gasteiger partial charge in [0.1, 0.15) is 0 Å².